The van der Waals surface area contributed by atoms with Gasteiger partial charge in [0.2, 0.25) is 5.91 Å². The molecule has 1 aliphatic rings. The van der Waals surface area contributed by atoms with Gasteiger partial charge in [-0.1, -0.05) is 12.1 Å². The number of carbonyl (C=O) groups is 1. The lowest BCUT2D eigenvalue weighted by Crippen LogP contribution is -2.34. The van der Waals surface area contributed by atoms with Crippen molar-refractivity contribution in [1.82, 2.24) is 14.6 Å². The summed E-state index contributed by atoms with van der Waals surface area (Å²) >= 11 is 0. The monoisotopic (exact) mass is 337 g/mol. The molecule has 0 radical (unpaired) electrons. The Hall–Kier alpha value is -3.09. The van der Waals surface area contributed by atoms with Gasteiger partial charge in [0, 0.05) is 18.9 Å². The third kappa shape index (κ3) is 2.67. The van der Waals surface area contributed by atoms with E-state index in [1.807, 2.05) is 37.3 Å². The second-order valence-electron chi connectivity index (χ2n) is 6.04. The smallest absolute Gasteiger partial charge is 0.249 e. The van der Waals surface area contributed by atoms with E-state index < -0.39 is 0 Å². The van der Waals surface area contributed by atoms with Crippen LogP contribution >= 0.6 is 0 Å². The van der Waals surface area contributed by atoms with Gasteiger partial charge in [0.1, 0.15) is 17.3 Å². The molecule has 1 unspecified atom stereocenters. The van der Waals surface area contributed by atoms with E-state index in [-0.39, 0.29) is 11.9 Å². The van der Waals surface area contributed by atoms with Crippen molar-refractivity contribution in [2.24, 2.45) is 0 Å². The number of carbonyl (C=O) groups excluding carboxylic acids is 1. The number of anilines is 2. The van der Waals surface area contributed by atoms with Crippen LogP contribution in [0.2, 0.25) is 0 Å². The number of aromatic nitrogens is 3. The fraction of sp³-hybridized carbons (Fsp3) is 0.278. The summed E-state index contributed by atoms with van der Waals surface area (Å²) in [4.78, 5) is 19.0. The van der Waals surface area contributed by atoms with Crippen molar-refractivity contribution in [2.45, 2.75) is 19.4 Å². The highest BCUT2D eigenvalue weighted by Crippen LogP contribution is 2.32. The number of amides is 1. The van der Waals surface area contributed by atoms with Gasteiger partial charge in [0.25, 0.3) is 0 Å². The molecule has 4 rings (SSSR count). The van der Waals surface area contributed by atoms with Crippen LogP contribution in [0.5, 0.6) is 5.75 Å². The van der Waals surface area contributed by atoms with Gasteiger partial charge in [0.15, 0.2) is 5.82 Å². The van der Waals surface area contributed by atoms with E-state index >= 15 is 0 Å². The second kappa shape index (κ2) is 6.08. The second-order valence-corrected chi connectivity index (χ2v) is 6.04. The molecule has 1 amide bonds. The molecule has 1 saturated heterocycles. The van der Waals surface area contributed by atoms with Crippen LogP contribution < -0.4 is 15.0 Å². The maximum absolute atomic E-state index is 12.9. The van der Waals surface area contributed by atoms with Crippen molar-refractivity contribution in [3.8, 4) is 5.75 Å². The summed E-state index contributed by atoms with van der Waals surface area (Å²) in [5, 5.41) is 7.66. The molecule has 1 fully saturated rings. The van der Waals surface area contributed by atoms with Gasteiger partial charge in [-0.2, -0.15) is 5.10 Å². The first kappa shape index (κ1) is 15.4. The van der Waals surface area contributed by atoms with Gasteiger partial charge in [-0.25, -0.2) is 9.50 Å². The summed E-state index contributed by atoms with van der Waals surface area (Å²) in [7, 11) is 1.61. The zero-order chi connectivity index (χ0) is 17.4. The van der Waals surface area contributed by atoms with E-state index in [4.69, 9.17) is 4.74 Å². The standard InChI is InChI=1S/C18H19N5O2/c1-12-11-15-17(19-8-10-23(15)21-12)20-13-7-9-22(18(13)24)14-5-3-4-6-16(14)25-2/h3-6,8,10-11,13H,7,9H2,1-2H3,(H,19,20). The maximum Gasteiger partial charge on any atom is 0.249 e. The first-order chi connectivity index (χ1) is 12.2. The number of ether oxygens (including phenoxy) is 1. The normalized spacial score (nSPS) is 17.3. The average molecular weight is 337 g/mol. The molecule has 3 aromatic rings. The van der Waals surface area contributed by atoms with Crippen LogP contribution in [0.25, 0.3) is 5.52 Å². The Morgan fingerprint density at radius 1 is 1.32 bits per heavy atom. The molecule has 0 bridgehead atoms. The summed E-state index contributed by atoms with van der Waals surface area (Å²) in [5.41, 5.74) is 2.57. The van der Waals surface area contributed by atoms with Crippen LogP contribution in [0.1, 0.15) is 12.1 Å². The first-order valence-corrected chi connectivity index (χ1v) is 8.19. The first-order valence-electron chi connectivity index (χ1n) is 8.19. The Labute approximate surface area is 145 Å². The van der Waals surface area contributed by atoms with Crippen molar-refractivity contribution >= 4 is 22.9 Å². The minimum atomic E-state index is -0.321. The van der Waals surface area contributed by atoms with Gasteiger partial charge < -0.3 is 15.0 Å². The zero-order valence-electron chi connectivity index (χ0n) is 14.1. The molecule has 128 valence electrons. The van der Waals surface area contributed by atoms with Crippen LogP contribution in [0.15, 0.2) is 42.7 Å². The lowest BCUT2D eigenvalue weighted by molar-refractivity contribution is -0.117. The Bertz CT molecular complexity index is 936. The molecule has 7 nitrogen and oxygen atoms in total. The lowest BCUT2D eigenvalue weighted by atomic mass is 10.2. The predicted octanol–water partition coefficient (Wildman–Crippen LogP) is 2.26. The molecule has 1 aromatic carbocycles. The van der Waals surface area contributed by atoms with E-state index in [2.05, 4.69) is 15.4 Å². The van der Waals surface area contributed by atoms with E-state index in [0.29, 0.717) is 24.5 Å². The van der Waals surface area contributed by atoms with E-state index in [1.165, 1.54) is 0 Å². The average Bonchev–Trinajstić information content (AvgIpc) is 3.18. The molecular formula is C18H19N5O2. The molecule has 3 heterocycles. The van der Waals surface area contributed by atoms with Crippen LogP contribution in [0.3, 0.4) is 0 Å². The zero-order valence-corrected chi connectivity index (χ0v) is 14.1. The van der Waals surface area contributed by atoms with Crippen molar-refractivity contribution < 1.29 is 9.53 Å². The molecule has 1 aliphatic heterocycles. The SMILES string of the molecule is COc1ccccc1N1CCC(Nc2nccn3nc(C)cc23)C1=O. The van der Waals surface area contributed by atoms with Crippen molar-refractivity contribution in [2.75, 3.05) is 23.9 Å². The minimum absolute atomic E-state index is 0.0181. The van der Waals surface area contributed by atoms with Crippen LogP contribution in [0, 0.1) is 6.92 Å². The highest BCUT2D eigenvalue weighted by molar-refractivity contribution is 6.02. The third-order valence-corrected chi connectivity index (χ3v) is 4.40. The number of nitrogens with one attached hydrogen (secondary N) is 1. The molecule has 0 aliphatic carbocycles. The molecule has 1 atom stereocenters. The maximum atomic E-state index is 12.9. The van der Waals surface area contributed by atoms with Crippen molar-refractivity contribution in [3.63, 3.8) is 0 Å². The Morgan fingerprint density at radius 2 is 2.16 bits per heavy atom. The molecule has 25 heavy (non-hydrogen) atoms. The Kier molecular flexibility index (Phi) is 3.76. The number of fused-ring (bicyclic) bond motifs is 1. The molecular weight excluding hydrogens is 318 g/mol. The fourth-order valence-corrected chi connectivity index (χ4v) is 3.23. The molecule has 2 aromatic heterocycles. The number of benzene rings is 1. The summed E-state index contributed by atoms with van der Waals surface area (Å²) in [6.45, 7) is 2.57. The minimum Gasteiger partial charge on any atom is -0.495 e. The molecule has 1 N–H and O–H groups in total. The highest BCUT2D eigenvalue weighted by Gasteiger charge is 2.34. The Morgan fingerprint density at radius 3 is 3.00 bits per heavy atom. The number of aryl methyl sites for hydroxylation is 1. The topological polar surface area (TPSA) is 71.8 Å². The van der Waals surface area contributed by atoms with Gasteiger partial charge in [-0.05, 0) is 31.5 Å². The number of hydrogen-bond donors (Lipinski definition) is 1. The summed E-state index contributed by atoms with van der Waals surface area (Å²) in [5.74, 6) is 1.39. The van der Waals surface area contributed by atoms with Gasteiger partial charge in [0.05, 0.1) is 18.5 Å². The van der Waals surface area contributed by atoms with Gasteiger partial charge >= 0.3 is 0 Å². The molecule has 7 heteroatoms. The van der Waals surface area contributed by atoms with Crippen molar-refractivity contribution in [3.05, 3.63) is 48.4 Å². The number of para-hydroxylation sites is 2. The lowest BCUT2D eigenvalue weighted by Gasteiger charge is -2.20. The van der Waals surface area contributed by atoms with E-state index in [1.54, 1.807) is 28.9 Å². The van der Waals surface area contributed by atoms with E-state index in [9.17, 15) is 4.79 Å². The predicted molar refractivity (Wildman–Crippen MR) is 95.1 cm³/mol. The summed E-state index contributed by atoms with van der Waals surface area (Å²) in [6, 6.07) is 9.19. The van der Waals surface area contributed by atoms with Crippen LogP contribution in [-0.2, 0) is 4.79 Å². The quantitative estimate of drug-likeness (QED) is 0.791. The van der Waals surface area contributed by atoms with Crippen molar-refractivity contribution in [1.29, 1.82) is 0 Å². The number of hydrogen-bond acceptors (Lipinski definition) is 5. The largest absolute Gasteiger partial charge is 0.495 e. The highest BCUT2D eigenvalue weighted by atomic mass is 16.5. The fourth-order valence-electron chi connectivity index (χ4n) is 3.23. The van der Waals surface area contributed by atoms with E-state index in [0.717, 1.165) is 16.9 Å². The van der Waals surface area contributed by atoms with Gasteiger partial charge in [-0.15, -0.1) is 0 Å². The number of nitrogens with zero attached hydrogens (tertiary/aromatic N) is 4. The van der Waals surface area contributed by atoms with Crippen LogP contribution in [0.4, 0.5) is 11.5 Å². The Balaban J connectivity index is 1.59. The summed E-state index contributed by atoms with van der Waals surface area (Å²) < 4.78 is 7.15. The van der Waals surface area contributed by atoms with Gasteiger partial charge in [-0.3, -0.25) is 4.79 Å². The number of rotatable bonds is 4. The molecule has 0 saturated carbocycles. The number of methoxy groups -OCH3 is 1. The molecule has 0 spiro atoms. The summed E-state index contributed by atoms with van der Waals surface area (Å²) in [6.07, 6.45) is 4.18. The third-order valence-electron chi connectivity index (χ3n) is 4.40. The van der Waals surface area contributed by atoms with Crippen LogP contribution in [-0.4, -0.2) is 40.2 Å².